The number of nitrogens with one attached hydrogen (secondary N) is 1. The fourth-order valence-electron chi connectivity index (χ4n) is 2.78. The molecule has 130 valence electrons. The lowest BCUT2D eigenvalue weighted by Gasteiger charge is -2.30. The first-order chi connectivity index (χ1) is 11.9. The lowest BCUT2D eigenvalue weighted by molar-refractivity contribution is 0.356. The van der Waals surface area contributed by atoms with Crippen LogP contribution in [0, 0.1) is 0 Å². The van der Waals surface area contributed by atoms with Gasteiger partial charge in [0, 0.05) is 40.8 Å². The number of aromatic nitrogens is 3. The topological polar surface area (TPSA) is 53.9 Å². The third kappa shape index (κ3) is 4.31. The van der Waals surface area contributed by atoms with Gasteiger partial charge in [-0.1, -0.05) is 0 Å². The Morgan fingerprint density at radius 2 is 1.76 bits per heavy atom. The quantitative estimate of drug-likeness (QED) is 0.742. The van der Waals surface area contributed by atoms with Crippen LogP contribution >= 0.6 is 0 Å². The SMILES string of the molecule is CN(C)CCC(C)(C)Nc1cc(-c2ccncc2)nc2cnccc12. The van der Waals surface area contributed by atoms with Crippen LogP contribution in [0.1, 0.15) is 20.3 Å². The molecule has 0 radical (unpaired) electrons. The van der Waals surface area contributed by atoms with Gasteiger partial charge < -0.3 is 10.2 Å². The van der Waals surface area contributed by atoms with E-state index in [2.05, 4.69) is 54.2 Å². The Hall–Kier alpha value is -2.53. The Morgan fingerprint density at radius 3 is 2.48 bits per heavy atom. The van der Waals surface area contributed by atoms with Crippen LogP contribution in [0.25, 0.3) is 22.2 Å². The van der Waals surface area contributed by atoms with Gasteiger partial charge in [-0.3, -0.25) is 9.97 Å². The van der Waals surface area contributed by atoms with Crippen molar-refractivity contribution in [3.8, 4) is 11.3 Å². The van der Waals surface area contributed by atoms with E-state index in [1.54, 1.807) is 12.4 Å². The Kier molecular flexibility index (Phi) is 4.95. The van der Waals surface area contributed by atoms with Crippen LogP contribution in [0.15, 0.2) is 49.1 Å². The van der Waals surface area contributed by atoms with Crippen molar-refractivity contribution >= 4 is 16.6 Å². The third-order valence-electron chi connectivity index (χ3n) is 4.25. The second-order valence-corrected chi connectivity index (χ2v) is 7.25. The zero-order valence-corrected chi connectivity index (χ0v) is 15.3. The molecule has 3 rings (SSSR count). The highest BCUT2D eigenvalue weighted by molar-refractivity contribution is 5.93. The largest absolute Gasteiger partial charge is 0.380 e. The second-order valence-electron chi connectivity index (χ2n) is 7.25. The minimum absolute atomic E-state index is 0.0304. The van der Waals surface area contributed by atoms with Gasteiger partial charge in [0.2, 0.25) is 0 Å². The summed E-state index contributed by atoms with van der Waals surface area (Å²) in [5.74, 6) is 0. The predicted octanol–water partition coefficient (Wildman–Crippen LogP) is 3.83. The van der Waals surface area contributed by atoms with Crippen molar-refractivity contribution in [1.29, 1.82) is 0 Å². The molecule has 3 aromatic heterocycles. The molecule has 0 unspecified atom stereocenters. The standard InChI is InChI=1S/C20H25N5/c1-20(2,8-12-25(3)4)24-18-13-17(15-5-9-21-10-6-15)23-19-14-22-11-7-16(18)19/h5-7,9-11,13-14H,8,12H2,1-4H3,(H,23,24). The highest BCUT2D eigenvalue weighted by Crippen LogP contribution is 2.30. The number of rotatable bonds is 6. The van der Waals surface area contributed by atoms with E-state index in [0.29, 0.717) is 0 Å². The summed E-state index contributed by atoms with van der Waals surface area (Å²) < 4.78 is 0. The molecule has 0 spiro atoms. The fraction of sp³-hybridized carbons (Fsp3) is 0.350. The number of hydrogen-bond donors (Lipinski definition) is 1. The van der Waals surface area contributed by atoms with E-state index < -0.39 is 0 Å². The fourth-order valence-corrected chi connectivity index (χ4v) is 2.78. The summed E-state index contributed by atoms with van der Waals surface area (Å²) in [5, 5.41) is 4.81. The van der Waals surface area contributed by atoms with Gasteiger partial charge in [-0.15, -0.1) is 0 Å². The van der Waals surface area contributed by atoms with E-state index in [4.69, 9.17) is 4.98 Å². The smallest absolute Gasteiger partial charge is 0.0913 e. The van der Waals surface area contributed by atoms with Crippen LogP contribution < -0.4 is 5.32 Å². The van der Waals surface area contributed by atoms with Gasteiger partial charge in [-0.25, -0.2) is 4.98 Å². The van der Waals surface area contributed by atoms with Gasteiger partial charge in [-0.05, 0) is 65.2 Å². The second kappa shape index (κ2) is 7.15. The van der Waals surface area contributed by atoms with Crippen molar-refractivity contribution in [3.63, 3.8) is 0 Å². The lowest BCUT2D eigenvalue weighted by atomic mass is 9.99. The van der Waals surface area contributed by atoms with E-state index in [1.165, 1.54) is 0 Å². The monoisotopic (exact) mass is 335 g/mol. The molecular weight excluding hydrogens is 310 g/mol. The van der Waals surface area contributed by atoms with Crippen LogP contribution in [0.5, 0.6) is 0 Å². The van der Waals surface area contributed by atoms with Crippen molar-refractivity contribution in [2.45, 2.75) is 25.8 Å². The Bertz CT molecular complexity index is 843. The normalized spacial score (nSPS) is 11.9. The molecule has 0 amide bonds. The van der Waals surface area contributed by atoms with E-state index >= 15 is 0 Å². The molecule has 0 aromatic carbocycles. The molecular formula is C20H25N5. The molecule has 0 aliphatic carbocycles. The first-order valence-electron chi connectivity index (χ1n) is 8.53. The van der Waals surface area contributed by atoms with E-state index in [9.17, 15) is 0 Å². The van der Waals surface area contributed by atoms with E-state index in [0.717, 1.165) is 40.8 Å². The van der Waals surface area contributed by atoms with Crippen LogP contribution in [-0.2, 0) is 0 Å². The summed E-state index contributed by atoms with van der Waals surface area (Å²) in [6.07, 6.45) is 8.25. The molecule has 0 saturated carbocycles. The minimum atomic E-state index is -0.0304. The van der Waals surface area contributed by atoms with Crippen molar-refractivity contribution in [2.75, 3.05) is 26.0 Å². The summed E-state index contributed by atoms with van der Waals surface area (Å²) in [7, 11) is 4.20. The molecule has 0 atom stereocenters. The molecule has 5 heteroatoms. The number of pyridine rings is 3. The maximum Gasteiger partial charge on any atom is 0.0913 e. The summed E-state index contributed by atoms with van der Waals surface area (Å²) in [5.41, 5.74) is 3.92. The first-order valence-corrected chi connectivity index (χ1v) is 8.53. The van der Waals surface area contributed by atoms with Gasteiger partial charge in [-0.2, -0.15) is 0 Å². The van der Waals surface area contributed by atoms with Gasteiger partial charge in [0.1, 0.15) is 0 Å². The van der Waals surface area contributed by atoms with Crippen molar-refractivity contribution < 1.29 is 0 Å². The molecule has 0 fully saturated rings. The highest BCUT2D eigenvalue weighted by atomic mass is 15.1. The number of hydrogen-bond acceptors (Lipinski definition) is 5. The molecule has 5 nitrogen and oxygen atoms in total. The van der Waals surface area contributed by atoms with Gasteiger partial charge in [0.05, 0.1) is 17.4 Å². The van der Waals surface area contributed by atoms with Gasteiger partial charge >= 0.3 is 0 Å². The van der Waals surface area contributed by atoms with Crippen LogP contribution in [0.4, 0.5) is 5.69 Å². The van der Waals surface area contributed by atoms with Crippen LogP contribution in [0.2, 0.25) is 0 Å². The lowest BCUT2D eigenvalue weighted by Crippen LogP contribution is -2.34. The van der Waals surface area contributed by atoms with Crippen LogP contribution in [-0.4, -0.2) is 46.0 Å². The van der Waals surface area contributed by atoms with Crippen molar-refractivity contribution in [3.05, 3.63) is 49.1 Å². The molecule has 25 heavy (non-hydrogen) atoms. The molecule has 0 bridgehead atoms. The Balaban J connectivity index is 2.01. The minimum Gasteiger partial charge on any atom is -0.380 e. The Morgan fingerprint density at radius 1 is 1.04 bits per heavy atom. The maximum absolute atomic E-state index is 4.77. The molecule has 3 aromatic rings. The number of anilines is 1. The van der Waals surface area contributed by atoms with E-state index in [1.807, 2.05) is 30.6 Å². The summed E-state index contributed by atoms with van der Waals surface area (Å²) in [4.78, 5) is 15.3. The molecule has 0 saturated heterocycles. The summed E-state index contributed by atoms with van der Waals surface area (Å²) in [6.45, 7) is 5.49. The molecule has 1 N–H and O–H groups in total. The first kappa shape index (κ1) is 17.3. The number of fused-ring (bicyclic) bond motifs is 1. The van der Waals surface area contributed by atoms with Gasteiger partial charge in [0.25, 0.3) is 0 Å². The summed E-state index contributed by atoms with van der Waals surface area (Å²) >= 11 is 0. The average Bonchev–Trinajstić information content (AvgIpc) is 2.60. The highest BCUT2D eigenvalue weighted by Gasteiger charge is 2.19. The van der Waals surface area contributed by atoms with E-state index in [-0.39, 0.29) is 5.54 Å². The van der Waals surface area contributed by atoms with Gasteiger partial charge in [0.15, 0.2) is 0 Å². The summed E-state index contributed by atoms with van der Waals surface area (Å²) in [6, 6.07) is 8.09. The third-order valence-corrected chi connectivity index (χ3v) is 4.25. The number of nitrogens with zero attached hydrogens (tertiary/aromatic N) is 4. The Labute approximate surface area is 149 Å². The molecule has 0 aliphatic rings. The predicted molar refractivity (Wildman–Crippen MR) is 104 cm³/mol. The average molecular weight is 335 g/mol. The molecule has 3 heterocycles. The zero-order chi connectivity index (χ0) is 17.9. The molecule has 0 aliphatic heterocycles. The van der Waals surface area contributed by atoms with Crippen LogP contribution in [0.3, 0.4) is 0 Å². The van der Waals surface area contributed by atoms with Crippen molar-refractivity contribution in [2.24, 2.45) is 0 Å². The zero-order valence-electron chi connectivity index (χ0n) is 15.3. The maximum atomic E-state index is 4.77. The van der Waals surface area contributed by atoms with Crippen molar-refractivity contribution in [1.82, 2.24) is 19.9 Å².